The van der Waals surface area contributed by atoms with E-state index in [4.69, 9.17) is 14.2 Å². The smallest absolute Gasteiger partial charge is 0.416 e. The van der Waals surface area contributed by atoms with Crippen molar-refractivity contribution in [2.75, 3.05) is 32.8 Å². The maximum absolute atomic E-state index is 13.7. The Morgan fingerprint density at radius 1 is 1.07 bits per heavy atom. The molecular weight excluding hydrogens is 394 g/mol. The van der Waals surface area contributed by atoms with E-state index in [-0.39, 0.29) is 30.4 Å². The first-order valence-electron chi connectivity index (χ1n) is 8.40. The summed E-state index contributed by atoms with van der Waals surface area (Å²) in [6, 6.07) is 6.83. The molecule has 0 spiro atoms. The van der Waals surface area contributed by atoms with Gasteiger partial charge < -0.3 is 19.5 Å². The van der Waals surface area contributed by atoms with E-state index in [9.17, 15) is 22.4 Å². The summed E-state index contributed by atoms with van der Waals surface area (Å²) in [5.41, 5.74) is -0.710. The summed E-state index contributed by atoms with van der Waals surface area (Å²) in [4.78, 5) is 12.2. The zero-order chi connectivity index (χ0) is 21.4. The van der Waals surface area contributed by atoms with Gasteiger partial charge in [0.25, 0.3) is 0 Å². The van der Waals surface area contributed by atoms with Crippen LogP contribution in [0, 0.1) is 5.82 Å². The van der Waals surface area contributed by atoms with Crippen LogP contribution in [0.5, 0.6) is 11.5 Å². The fraction of sp³-hybridized carbons (Fsp3) is 0.250. The van der Waals surface area contributed by atoms with E-state index in [0.717, 1.165) is 30.3 Å². The minimum atomic E-state index is -4.58. The van der Waals surface area contributed by atoms with Crippen LogP contribution in [0.4, 0.5) is 23.2 Å². The van der Waals surface area contributed by atoms with E-state index in [0.29, 0.717) is 5.56 Å². The van der Waals surface area contributed by atoms with Crippen molar-refractivity contribution in [1.29, 1.82) is 0 Å². The number of rotatable bonds is 8. The maximum Gasteiger partial charge on any atom is 0.416 e. The molecule has 1 amide bonds. The number of methoxy groups -OCH3 is 2. The van der Waals surface area contributed by atoms with Crippen molar-refractivity contribution >= 4 is 17.7 Å². The molecule has 0 saturated heterocycles. The highest BCUT2D eigenvalue weighted by Gasteiger charge is 2.31. The number of alkyl halides is 3. The zero-order valence-electron chi connectivity index (χ0n) is 15.7. The fourth-order valence-electron chi connectivity index (χ4n) is 2.30. The number of halogens is 4. The molecule has 156 valence electrons. The maximum atomic E-state index is 13.7. The lowest BCUT2D eigenvalue weighted by atomic mass is 10.1. The van der Waals surface area contributed by atoms with Crippen LogP contribution in [0.2, 0.25) is 0 Å². The van der Waals surface area contributed by atoms with Gasteiger partial charge in [0.2, 0.25) is 5.91 Å². The Morgan fingerprint density at radius 2 is 1.79 bits per heavy atom. The Balaban J connectivity index is 2.18. The van der Waals surface area contributed by atoms with Gasteiger partial charge in [-0.05, 0) is 42.0 Å². The molecule has 9 heteroatoms. The van der Waals surface area contributed by atoms with Crippen LogP contribution < -0.4 is 14.8 Å². The molecule has 0 saturated carbocycles. The van der Waals surface area contributed by atoms with Crippen LogP contribution in [-0.2, 0) is 15.7 Å². The molecule has 29 heavy (non-hydrogen) atoms. The lowest BCUT2D eigenvalue weighted by Crippen LogP contribution is -2.13. The Hall–Kier alpha value is -3.07. The van der Waals surface area contributed by atoms with Gasteiger partial charge in [0, 0.05) is 13.2 Å². The highest BCUT2D eigenvalue weighted by atomic mass is 19.4. The van der Waals surface area contributed by atoms with Crippen molar-refractivity contribution in [2.45, 2.75) is 6.18 Å². The summed E-state index contributed by atoms with van der Waals surface area (Å²) in [5, 5.41) is 2.35. The van der Waals surface area contributed by atoms with Gasteiger partial charge >= 0.3 is 6.18 Å². The van der Waals surface area contributed by atoms with Gasteiger partial charge in [-0.2, -0.15) is 13.2 Å². The van der Waals surface area contributed by atoms with Crippen LogP contribution >= 0.6 is 0 Å². The second-order valence-corrected chi connectivity index (χ2v) is 5.77. The third-order valence-electron chi connectivity index (χ3n) is 3.71. The third-order valence-corrected chi connectivity index (χ3v) is 3.71. The highest BCUT2D eigenvalue weighted by Crippen LogP contribution is 2.35. The molecule has 5 nitrogen and oxygen atoms in total. The number of benzene rings is 2. The summed E-state index contributed by atoms with van der Waals surface area (Å²) < 4.78 is 67.6. The Labute approximate surface area is 164 Å². The SMILES string of the molecule is COCCOc1ccc(C(F)(F)F)cc1NC(=O)/C=C/c1ccc(OC)c(F)c1. The van der Waals surface area contributed by atoms with Gasteiger partial charge in [-0.15, -0.1) is 0 Å². The van der Waals surface area contributed by atoms with Gasteiger partial charge in [0.1, 0.15) is 12.4 Å². The zero-order valence-corrected chi connectivity index (χ0v) is 15.7. The van der Waals surface area contributed by atoms with Gasteiger partial charge in [0.05, 0.1) is 25.0 Å². The highest BCUT2D eigenvalue weighted by molar-refractivity contribution is 6.02. The number of amides is 1. The normalized spacial score (nSPS) is 11.5. The second-order valence-electron chi connectivity index (χ2n) is 5.77. The topological polar surface area (TPSA) is 56.8 Å². The van der Waals surface area contributed by atoms with E-state index in [1.807, 2.05) is 0 Å². The Morgan fingerprint density at radius 3 is 2.41 bits per heavy atom. The van der Waals surface area contributed by atoms with Gasteiger partial charge in [-0.3, -0.25) is 4.79 Å². The molecule has 2 aromatic rings. The molecule has 0 heterocycles. The minimum absolute atomic E-state index is 0.0495. The number of carbonyl (C=O) groups is 1. The van der Waals surface area contributed by atoms with Crippen molar-refractivity contribution in [2.24, 2.45) is 0 Å². The lowest BCUT2D eigenvalue weighted by molar-refractivity contribution is -0.137. The molecule has 0 bridgehead atoms. The second kappa shape index (κ2) is 9.92. The van der Waals surface area contributed by atoms with Crippen LogP contribution in [0.3, 0.4) is 0 Å². The Bertz CT molecular complexity index is 881. The number of hydrogen-bond acceptors (Lipinski definition) is 4. The lowest BCUT2D eigenvalue weighted by Gasteiger charge is -2.14. The minimum Gasteiger partial charge on any atom is -0.494 e. The Kier molecular flexibility index (Phi) is 7.60. The van der Waals surface area contributed by atoms with E-state index in [1.165, 1.54) is 32.4 Å². The largest absolute Gasteiger partial charge is 0.494 e. The first kappa shape index (κ1) is 22.2. The van der Waals surface area contributed by atoms with Crippen LogP contribution in [0.1, 0.15) is 11.1 Å². The van der Waals surface area contributed by atoms with E-state index < -0.39 is 23.5 Å². The van der Waals surface area contributed by atoms with Crippen molar-refractivity contribution in [3.63, 3.8) is 0 Å². The molecule has 0 aliphatic carbocycles. The molecule has 0 aliphatic heterocycles. The molecule has 0 atom stereocenters. The van der Waals surface area contributed by atoms with E-state index >= 15 is 0 Å². The van der Waals surface area contributed by atoms with Gasteiger partial charge in [0.15, 0.2) is 11.6 Å². The molecule has 0 fully saturated rings. The summed E-state index contributed by atoms with van der Waals surface area (Å²) in [7, 11) is 2.77. The standard InChI is InChI=1S/C20H19F4NO4/c1-27-9-10-29-18-7-5-14(20(22,23)24)12-16(18)25-19(26)8-4-13-3-6-17(28-2)15(21)11-13/h3-8,11-12H,9-10H2,1-2H3,(H,25,26)/b8-4+. The number of nitrogens with one attached hydrogen (secondary N) is 1. The average Bonchev–Trinajstić information content (AvgIpc) is 2.67. The monoisotopic (exact) mass is 413 g/mol. The quantitative estimate of drug-likeness (QED) is 0.393. The summed E-state index contributed by atoms with van der Waals surface area (Å²) >= 11 is 0. The van der Waals surface area contributed by atoms with Gasteiger partial charge in [-0.1, -0.05) is 6.07 Å². The van der Waals surface area contributed by atoms with Crippen molar-refractivity contribution in [1.82, 2.24) is 0 Å². The molecule has 0 unspecified atom stereocenters. The van der Waals surface area contributed by atoms with Crippen LogP contribution in [0.15, 0.2) is 42.5 Å². The molecule has 0 aromatic heterocycles. The number of carbonyl (C=O) groups excluding carboxylic acids is 1. The molecule has 0 radical (unpaired) electrons. The van der Waals surface area contributed by atoms with Gasteiger partial charge in [-0.25, -0.2) is 4.39 Å². The fourth-order valence-corrected chi connectivity index (χ4v) is 2.30. The number of ether oxygens (including phenoxy) is 3. The summed E-state index contributed by atoms with van der Waals surface area (Å²) in [5.74, 6) is -1.21. The van der Waals surface area contributed by atoms with Crippen molar-refractivity contribution < 1.29 is 36.6 Å². The van der Waals surface area contributed by atoms with Crippen molar-refractivity contribution in [3.8, 4) is 11.5 Å². The molecule has 2 aromatic carbocycles. The predicted octanol–water partition coefficient (Wildman–Crippen LogP) is 4.53. The summed E-state index contributed by atoms with van der Waals surface area (Å²) in [6.07, 6.45) is -2.20. The number of anilines is 1. The molecule has 1 N–H and O–H groups in total. The molecular formula is C20H19F4NO4. The molecule has 2 rings (SSSR count). The van der Waals surface area contributed by atoms with Crippen LogP contribution in [-0.4, -0.2) is 33.3 Å². The predicted molar refractivity (Wildman–Crippen MR) is 99.4 cm³/mol. The van der Waals surface area contributed by atoms with E-state index in [1.54, 1.807) is 0 Å². The number of hydrogen-bond donors (Lipinski definition) is 1. The van der Waals surface area contributed by atoms with E-state index in [2.05, 4.69) is 5.32 Å². The average molecular weight is 413 g/mol. The van der Waals surface area contributed by atoms with Crippen molar-refractivity contribution in [3.05, 3.63) is 59.4 Å². The summed E-state index contributed by atoms with van der Waals surface area (Å²) in [6.45, 7) is 0.309. The molecule has 0 aliphatic rings. The first-order chi connectivity index (χ1) is 13.7. The van der Waals surface area contributed by atoms with Crippen LogP contribution in [0.25, 0.3) is 6.08 Å². The third kappa shape index (κ3) is 6.49. The first-order valence-corrected chi connectivity index (χ1v) is 8.40.